The van der Waals surface area contributed by atoms with E-state index < -0.39 is 0 Å². The third-order valence-corrected chi connectivity index (χ3v) is 27.4. The first-order valence-corrected chi connectivity index (χ1v) is 42.1. The van der Waals surface area contributed by atoms with Crippen LogP contribution >= 0.6 is 0 Å². The van der Waals surface area contributed by atoms with Crippen molar-refractivity contribution in [3.05, 3.63) is 375 Å². The molecule has 0 amide bonds. The number of hydrogen-bond donors (Lipinski definition) is 0. The number of anilines is 12. The zero-order valence-electron chi connectivity index (χ0n) is 66.1. The summed E-state index contributed by atoms with van der Waals surface area (Å²) in [7, 11) is 0. The molecule has 0 saturated carbocycles. The van der Waals surface area contributed by atoms with Gasteiger partial charge in [0.05, 0.1) is 5.69 Å². The second kappa shape index (κ2) is 24.3. The minimum Gasteiger partial charge on any atom is -0.456 e. The van der Waals surface area contributed by atoms with Gasteiger partial charge in [0.2, 0.25) is 0 Å². The Kier molecular flexibility index (Phi) is 13.2. The smallest absolute Gasteiger partial charge is 0.252 e. The third-order valence-electron chi connectivity index (χ3n) is 27.4. The lowest BCUT2D eigenvalue weighted by Crippen LogP contribution is -2.61. The van der Waals surface area contributed by atoms with Crippen molar-refractivity contribution < 1.29 is 22.1 Å². The van der Waals surface area contributed by atoms with E-state index in [-0.39, 0.29) is 18.8 Å². The summed E-state index contributed by atoms with van der Waals surface area (Å²) < 4.78 is 34.8. The molecule has 122 heavy (non-hydrogen) atoms. The minimum absolute atomic E-state index is 0.0906. The molecule has 18 aromatic carbocycles. The van der Waals surface area contributed by atoms with Gasteiger partial charge in [0.15, 0.2) is 16.7 Å². The number of fused-ring (bicyclic) bond motifs is 26. The van der Waals surface area contributed by atoms with Crippen molar-refractivity contribution in [2.24, 2.45) is 0 Å². The third kappa shape index (κ3) is 9.02. The summed E-state index contributed by atoms with van der Waals surface area (Å²) in [6, 6.07) is 134. The van der Waals surface area contributed by atoms with Crippen molar-refractivity contribution >= 4 is 224 Å². The molecule has 0 radical (unpaired) electrons. The van der Waals surface area contributed by atoms with Gasteiger partial charge < -0.3 is 41.7 Å². The standard InChI is InChI=1S/C111H66B2N4O5/c1-111(2)83-25-7-3-20-71(83)76-60-80-75-24-17-36-97(108(75)122-104(80)62-84(76)111)116-92-52-44-68(59-88(92)113-86-27-9-12-30-90(86)115(93-32-18-34-95(116)105(93)113)70-50-42-64(43-51-70)66-46-54-102-78(57-66)73-22-5-15-38-99(73)119-102)67-47-55-103-79(58-67)82-61-81-74-23-6-16-39-100(74)120-109(81)107(110(82)121-103)117-91-31-13-10-28-87(91)112-85-26-8-11-29-89(85)114(94-33-19-35-96(117)106(94)112)69-48-40-63(41-49-69)65-45-53-101-77(56-65)72-21-4-14-37-98(72)118-101/h3-62H,1-2H3. The van der Waals surface area contributed by atoms with Crippen LogP contribution in [0, 0.1) is 0 Å². The Morgan fingerprint density at radius 2 is 0.590 bits per heavy atom. The van der Waals surface area contributed by atoms with E-state index in [9.17, 15) is 0 Å². The van der Waals surface area contributed by atoms with Crippen LogP contribution in [-0.4, -0.2) is 13.4 Å². The lowest BCUT2D eigenvalue weighted by atomic mass is 9.33. The summed E-state index contributed by atoms with van der Waals surface area (Å²) in [5.41, 5.74) is 40.0. The van der Waals surface area contributed by atoms with E-state index in [2.05, 4.69) is 373 Å². The molecule has 23 aromatic rings. The molecule has 566 valence electrons. The van der Waals surface area contributed by atoms with Gasteiger partial charge in [-0.05, 0) is 240 Å². The minimum atomic E-state index is -0.201. The Balaban J connectivity index is 0.614. The molecule has 0 unspecified atom stereocenters. The fraction of sp³-hybridized carbons (Fsp3) is 0.0270. The highest BCUT2D eigenvalue weighted by Gasteiger charge is 2.47. The molecule has 0 saturated heterocycles. The molecule has 0 spiro atoms. The van der Waals surface area contributed by atoms with Gasteiger partial charge in [-0.3, -0.25) is 0 Å². The molecular formula is C111H66B2N4O5. The Hall–Kier alpha value is -15.7. The maximum atomic E-state index is 7.55. The van der Waals surface area contributed by atoms with Gasteiger partial charge in [0, 0.05) is 116 Å². The molecule has 0 bridgehead atoms. The van der Waals surface area contributed by atoms with Gasteiger partial charge in [0.1, 0.15) is 44.8 Å². The molecule has 5 aromatic heterocycles. The highest BCUT2D eigenvalue weighted by molar-refractivity contribution is 7.01. The van der Waals surface area contributed by atoms with Gasteiger partial charge >= 0.3 is 0 Å². The molecule has 9 heterocycles. The first-order valence-electron chi connectivity index (χ1n) is 42.1. The van der Waals surface area contributed by atoms with Crippen LogP contribution in [0.4, 0.5) is 68.2 Å². The molecule has 28 rings (SSSR count). The van der Waals surface area contributed by atoms with Crippen LogP contribution in [0.15, 0.2) is 386 Å². The number of rotatable bonds is 7. The molecule has 0 fully saturated rings. The number of furan rings is 5. The molecule has 9 nitrogen and oxygen atoms in total. The van der Waals surface area contributed by atoms with E-state index in [0.29, 0.717) is 0 Å². The predicted molar refractivity (Wildman–Crippen MR) is 505 cm³/mol. The van der Waals surface area contributed by atoms with E-state index in [4.69, 9.17) is 22.1 Å². The van der Waals surface area contributed by atoms with E-state index >= 15 is 0 Å². The fourth-order valence-electron chi connectivity index (χ4n) is 22.0. The van der Waals surface area contributed by atoms with Gasteiger partial charge in [-0.25, -0.2) is 0 Å². The molecule has 0 atom stereocenters. The monoisotopic (exact) mass is 1560 g/mol. The van der Waals surface area contributed by atoms with Crippen LogP contribution in [-0.2, 0) is 5.41 Å². The quantitative estimate of drug-likeness (QED) is 0.145. The van der Waals surface area contributed by atoms with Gasteiger partial charge in [-0.2, -0.15) is 0 Å². The van der Waals surface area contributed by atoms with E-state index in [1.54, 1.807) is 0 Å². The highest BCUT2D eigenvalue weighted by Crippen LogP contribution is 2.56. The summed E-state index contributed by atoms with van der Waals surface area (Å²) >= 11 is 0. The first kappa shape index (κ1) is 66.3. The lowest BCUT2D eigenvalue weighted by Gasteiger charge is -2.44. The van der Waals surface area contributed by atoms with Crippen LogP contribution < -0.4 is 52.4 Å². The zero-order valence-corrected chi connectivity index (χ0v) is 66.1. The van der Waals surface area contributed by atoms with E-state index in [1.807, 2.05) is 24.3 Å². The summed E-state index contributed by atoms with van der Waals surface area (Å²) in [6.07, 6.45) is 0. The highest BCUT2D eigenvalue weighted by atomic mass is 16.4. The fourth-order valence-corrected chi connectivity index (χ4v) is 22.0. The summed E-state index contributed by atoms with van der Waals surface area (Å²) in [6.45, 7) is 4.42. The second-order valence-electron chi connectivity index (χ2n) is 34.0. The van der Waals surface area contributed by atoms with Crippen molar-refractivity contribution in [3.63, 3.8) is 0 Å². The predicted octanol–water partition coefficient (Wildman–Crippen LogP) is 26.7. The molecular weight excluding hydrogens is 1490 g/mol. The van der Waals surface area contributed by atoms with Gasteiger partial charge in [-0.1, -0.05) is 226 Å². The molecule has 11 heteroatoms. The SMILES string of the molecule is CC1(C)c2ccccc2-c2cc3c(cc21)oc1c(N2c4ccc(-c5ccc6oc7c(N8c9ccccc9B9c%10ccccc%10N(c%10ccc(-c%11ccc%12oc%13ccccc%13c%12c%11)cc%10)c%10cccc8c%109)c8oc9ccccc9c8cc7c6c5)cc4B4c5ccccc5N(c5ccc(-c6ccc7oc8ccccc8c7c6)cc5)c5cccc2c54)cccc13. The maximum absolute atomic E-state index is 7.55. The van der Waals surface area contributed by atoms with Crippen LogP contribution in [0.2, 0.25) is 0 Å². The largest absolute Gasteiger partial charge is 0.456 e. The van der Waals surface area contributed by atoms with E-state index in [0.717, 1.165) is 211 Å². The van der Waals surface area contributed by atoms with Crippen molar-refractivity contribution in [1.29, 1.82) is 0 Å². The number of benzene rings is 18. The van der Waals surface area contributed by atoms with Crippen LogP contribution in [0.5, 0.6) is 0 Å². The average molecular weight is 1560 g/mol. The van der Waals surface area contributed by atoms with E-state index in [1.165, 1.54) is 55.0 Å². The summed E-state index contributed by atoms with van der Waals surface area (Å²) in [4.78, 5) is 9.89. The van der Waals surface area contributed by atoms with Crippen molar-refractivity contribution in [3.8, 4) is 44.5 Å². The zero-order chi connectivity index (χ0) is 79.6. The normalized spacial score (nSPS) is 14.0. The Labute approximate surface area is 700 Å². The molecule has 5 aliphatic rings. The Morgan fingerprint density at radius 3 is 1.18 bits per heavy atom. The number of para-hydroxylation sites is 7. The molecule has 1 aliphatic carbocycles. The van der Waals surface area contributed by atoms with Gasteiger partial charge in [-0.15, -0.1) is 0 Å². The van der Waals surface area contributed by atoms with Gasteiger partial charge in [0.25, 0.3) is 13.4 Å². The summed E-state index contributed by atoms with van der Waals surface area (Å²) in [5, 5.41) is 10.7. The number of hydrogen-bond acceptors (Lipinski definition) is 9. The first-order chi connectivity index (χ1) is 60.2. The van der Waals surface area contributed by atoms with Crippen molar-refractivity contribution in [2.45, 2.75) is 19.3 Å². The average Bonchev–Trinajstić information content (AvgIpc) is 1.39. The topological polar surface area (TPSA) is 78.7 Å². The molecule has 0 N–H and O–H groups in total. The Bertz CT molecular complexity index is 8580. The second-order valence-corrected chi connectivity index (χ2v) is 34.0. The van der Waals surface area contributed by atoms with Crippen LogP contribution in [0.3, 0.4) is 0 Å². The lowest BCUT2D eigenvalue weighted by molar-refractivity contribution is 0.647. The number of nitrogens with zero attached hydrogens (tertiary/aromatic N) is 4. The maximum Gasteiger partial charge on any atom is 0.252 e. The van der Waals surface area contributed by atoms with Crippen LogP contribution in [0.1, 0.15) is 25.0 Å². The van der Waals surface area contributed by atoms with Crippen molar-refractivity contribution in [1.82, 2.24) is 0 Å². The molecule has 4 aliphatic heterocycles. The summed E-state index contributed by atoms with van der Waals surface area (Å²) in [5.74, 6) is 0. The Morgan fingerprint density at radius 1 is 0.213 bits per heavy atom. The van der Waals surface area contributed by atoms with Crippen molar-refractivity contribution in [2.75, 3.05) is 19.6 Å². The van der Waals surface area contributed by atoms with Crippen LogP contribution in [0.25, 0.3) is 154 Å².